The van der Waals surface area contributed by atoms with E-state index in [2.05, 4.69) is 172 Å². The largest absolute Gasteiger partial charge is 0.300 e. The van der Waals surface area contributed by atoms with Crippen LogP contribution >= 0.6 is 0 Å². The molecule has 0 radical (unpaired) electrons. The van der Waals surface area contributed by atoms with Crippen molar-refractivity contribution in [2.75, 3.05) is 0 Å². The Labute approximate surface area is 346 Å². The topological polar surface area (TPSA) is 36.2 Å². The number of hydrogen-bond donors (Lipinski definition) is 1. The molecular formula is C57H42N2. The van der Waals surface area contributed by atoms with E-state index in [1.54, 1.807) is 0 Å². The number of nitrogens with zero attached hydrogens (tertiary/aromatic N) is 1. The van der Waals surface area contributed by atoms with E-state index < -0.39 is 0 Å². The smallest absolute Gasteiger partial charge is 0.0729 e. The van der Waals surface area contributed by atoms with E-state index in [9.17, 15) is 0 Å². The molecule has 0 spiro atoms. The third-order valence-corrected chi connectivity index (χ3v) is 12.1. The molecule has 0 atom stereocenters. The van der Waals surface area contributed by atoms with Crippen molar-refractivity contribution in [3.63, 3.8) is 0 Å². The summed E-state index contributed by atoms with van der Waals surface area (Å²) in [4.78, 5) is 5.18. The van der Waals surface area contributed by atoms with Crippen molar-refractivity contribution in [1.82, 2.24) is 0 Å². The van der Waals surface area contributed by atoms with Gasteiger partial charge in [0.2, 0.25) is 0 Å². The Kier molecular flexibility index (Phi) is 9.03. The summed E-state index contributed by atoms with van der Waals surface area (Å²) in [5.41, 5.74) is 16.4. The summed E-state index contributed by atoms with van der Waals surface area (Å²) in [6, 6.07) is 70.9. The van der Waals surface area contributed by atoms with Gasteiger partial charge in [0, 0.05) is 22.8 Å². The van der Waals surface area contributed by atoms with Gasteiger partial charge in [0.15, 0.2) is 0 Å². The maximum Gasteiger partial charge on any atom is 0.0729 e. The normalized spacial score (nSPS) is 13.2. The first-order valence-corrected chi connectivity index (χ1v) is 20.3. The van der Waals surface area contributed by atoms with Crippen molar-refractivity contribution >= 4 is 39.2 Å². The molecule has 0 saturated heterocycles. The Morgan fingerprint density at radius 1 is 0.458 bits per heavy atom. The van der Waals surface area contributed by atoms with E-state index in [-0.39, 0.29) is 5.41 Å². The van der Waals surface area contributed by atoms with Gasteiger partial charge in [-0.25, -0.2) is 0 Å². The minimum absolute atomic E-state index is 0.0832. The maximum atomic E-state index is 9.06. The van der Waals surface area contributed by atoms with Crippen molar-refractivity contribution in [3.8, 4) is 44.5 Å². The molecule has 1 aliphatic carbocycles. The highest BCUT2D eigenvalue weighted by atomic mass is 14.7. The lowest BCUT2D eigenvalue weighted by atomic mass is 9.81. The number of hydrogen-bond acceptors (Lipinski definition) is 2. The summed E-state index contributed by atoms with van der Waals surface area (Å²) in [5.74, 6) is 0. The first kappa shape index (κ1) is 36.0. The molecule has 0 heterocycles. The molecule has 9 aromatic rings. The summed E-state index contributed by atoms with van der Waals surface area (Å²) in [7, 11) is 0. The van der Waals surface area contributed by atoms with Crippen LogP contribution in [-0.4, -0.2) is 11.9 Å². The van der Waals surface area contributed by atoms with Crippen LogP contribution in [0.15, 0.2) is 211 Å². The third-order valence-electron chi connectivity index (χ3n) is 12.1. The fourth-order valence-corrected chi connectivity index (χ4v) is 9.04. The summed E-state index contributed by atoms with van der Waals surface area (Å²) < 4.78 is 0. The highest BCUT2D eigenvalue weighted by molar-refractivity contribution is 6.13. The quantitative estimate of drug-likeness (QED) is 0.150. The number of rotatable bonds is 8. The lowest BCUT2D eigenvalue weighted by Gasteiger charge is -2.21. The second-order valence-corrected chi connectivity index (χ2v) is 15.9. The Hall–Kier alpha value is -7.42. The standard InChI is InChI=1S/C57H42N2/c1-57(2)51-27-15-26-48(55(51)56-47-23-10-9-18-39(47)33-35-52(56)57)41-30-28-40(29-31-41)46-34-32-43(45-22-11-13-24-49(45)46)37-59-54(36-53(58)42-19-7-4-8-20-42)50-25-14-12-21-44(50)38-16-5-3-6-17-38/h3-37,58H,1-2H3/b54-36-,58-53?,59-37?. The van der Waals surface area contributed by atoms with Crippen LogP contribution in [0.1, 0.15) is 41.7 Å². The number of benzene rings is 9. The molecular weight excluding hydrogens is 713 g/mol. The highest BCUT2D eigenvalue weighted by Crippen LogP contribution is 2.54. The monoisotopic (exact) mass is 754 g/mol. The van der Waals surface area contributed by atoms with E-state index >= 15 is 0 Å². The molecule has 280 valence electrons. The number of allylic oxidation sites excluding steroid dienone is 1. The van der Waals surface area contributed by atoms with E-state index in [1.807, 2.05) is 54.8 Å². The van der Waals surface area contributed by atoms with Crippen LogP contribution in [0.5, 0.6) is 0 Å². The van der Waals surface area contributed by atoms with E-state index in [1.165, 1.54) is 60.7 Å². The fraction of sp³-hybridized carbons (Fsp3) is 0.0526. The fourth-order valence-electron chi connectivity index (χ4n) is 9.04. The third kappa shape index (κ3) is 6.40. The molecule has 0 aliphatic heterocycles. The van der Waals surface area contributed by atoms with Gasteiger partial charge in [-0.05, 0) is 88.8 Å². The van der Waals surface area contributed by atoms with Gasteiger partial charge in [0.05, 0.1) is 11.4 Å². The lowest BCUT2D eigenvalue weighted by Crippen LogP contribution is -2.14. The van der Waals surface area contributed by atoms with E-state index in [0.717, 1.165) is 38.9 Å². The summed E-state index contributed by atoms with van der Waals surface area (Å²) >= 11 is 0. The van der Waals surface area contributed by atoms with Crippen LogP contribution in [0.3, 0.4) is 0 Å². The highest BCUT2D eigenvalue weighted by Gasteiger charge is 2.37. The molecule has 2 nitrogen and oxygen atoms in total. The SMILES string of the molecule is CC1(C)c2cccc(-c3ccc(-c4ccc(C=N/C(=C\C(=N)c5ccccc5)c5ccccc5-c5ccccc5)c5ccccc45)cc3)c2-c2c1ccc1ccccc21. The first-order chi connectivity index (χ1) is 29.0. The number of nitrogens with one attached hydrogen (secondary N) is 1. The minimum Gasteiger partial charge on any atom is -0.300 e. The molecule has 0 aromatic heterocycles. The zero-order valence-electron chi connectivity index (χ0n) is 33.2. The van der Waals surface area contributed by atoms with E-state index in [4.69, 9.17) is 10.4 Å². The van der Waals surface area contributed by atoms with Gasteiger partial charge < -0.3 is 5.41 Å². The Balaban J connectivity index is 1.03. The molecule has 0 amide bonds. The predicted octanol–water partition coefficient (Wildman–Crippen LogP) is 14.8. The Bertz CT molecular complexity index is 3110. The van der Waals surface area contributed by atoms with Crippen molar-refractivity contribution in [2.45, 2.75) is 19.3 Å². The molecule has 0 fully saturated rings. The summed E-state index contributed by atoms with van der Waals surface area (Å²) in [5, 5.41) is 13.9. The number of aliphatic imine (C=N–C) groups is 1. The van der Waals surface area contributed by atoms with Gasteiger partial charge in [0.1, 0.15) is 0 Å². The molecule has 59 heavy (non-hydrogen) atoms. The van der Waals surface area contributed by atoms with Crippen LogP contribution in [0, 0.1) is 5.41 Å². The van der Waals surface area contributed by atoms with Gasteiger partial charge in [-0.3, -0.25) is 4.99 Å². The van der Waals surface area contributed by atoms with Gasteiger partial charge in [-0.15, -0.1) is 0 Å². The molecule has 0 saturated carbocycles. The Morgan fingerprint density at radius 2 is 1.05 bits per heavy atom. The van der Waals surface area contributed by atoms with Crippen LogP contribution < -0.4 is 0 Å². The van der Waals surface area contributed by atoms with Crippen LogP contribution in [0.2, 0.25) is 0 Å². The first-order valence-electron chi connectivity index (χ1n) is 20.3. The van der Waals surface area contributed by atoms with Gasteiger partial charge >= 0.3 is 0 Å². The minimum atomic E-state index is -0.0832. The van der Waals surface area contributed by atoms with Crippen LogP contribution in [0.25, 0.3) is 71.7 Å². The predicted molar refractivity (Wildman–Crippen MR) is 251 cm³/mol. The molecule has 2 heteroatoms. The lowest BCUT2D eigenvalue weighted by molar-refractivity contribution is 0.661. The zero-order chi connectivity index (χ0) is 39.9. The van der Waals surface area contributed by atoms with Crippen molar-refractivity contribution in [2.24, 2.45) is 4.99 Å². The van der Waals surface area contributed by atoms with Crippen molar-refractivity contribution in [1.29, 1.82) is 5.41 Å². The van der Waals surface area contributed by atoms with Gasteiger partial charge in [0.25, 0.3) is 0 Å². The molecule has 0 bridgehead atoms. The van der Waals surface area contributed by atoms with Crippen molar-refractivity contribution in [3.05, 3.63) is 234 Å². The summed E-state index contributed by atoms with van der Waals surface area (Å²) in [6.07, 6.45) is 3.84. The molecule has 1 N–H and O–H groups in total. The van der Waals surface area contributed by atoms with Crippen LogP contribution in [0.4, 0.5) is 0 Å². The molecule has 1 aliphatic rings. The second kappa shape index (κ2) is 14.8. The van der Waals surface area contributed by atoms with Crippen LogP contribution in [-0.2, 0) is 5.41 Å². The second-order valence-electron chi connectivity index (χ2n) is 15.9. The van der Waals surface area contributed by atoms with Gasteiger partial charge in [-0.2, -0.15) is 0 Å². The van der Waals surface area contributed by atoms with Gasteiger partial charge in [-0.1, -0.05) is 214 Å². The summed E-state index contributed by atoms with van der Waals surface area (Å²) in [6.45, 7) is 4.71. The molecule has 0 unspecified atom stereocenters. The Morgan fingerprint density at radius 3 is 1.83 bits per heavy atom. The zero-order valence-corrected chi connectivity index (χ0v) is 33.2. The number of fused-ring (bicyclic) bond motifs is 6. The average Bonchev–Trinajstić information content (AvgIpc) is 3.54. The average molecular weight is 755 g/mol. The maximum absolute atomic E-state index is 9.06. The van der Waals surface area contributed by atoms with E-state index in [0.29, 0.717) is 5.71 Å². The molecule has 10 rings (SSSR count). The molecule has 9 aromatic carbocycles. The van der Waals surface area contributed by atoms with Crippen molar-refractivity contribution < 1.29 is 0 Å².